The van der Waals surface area contributed by atoms with Crippen LogP contribution in [0.3, 0.4) is 0 Å². The molecule has 0 saturated heterocycles. The lowest BCUT2D eigenvalue weighted by Gasteiger charge is -2.22. The number of hydrogen-bond acceptors (Lipinski definition) is 5. The number of fused-ring (bicyclic) bond motifs is 3. The van der Waals surface area contributed by atoms with Crippen LogP contribution < -0.4 is 15.7 Å². The van der Waals surface area contributed by atoms with Crippen LogP contribution in [0.2, 0.25) is 0 Å². The third-order valence-electron chi connectivity index (χ3n) is 4.64. The van der Waals surface area contributed by atoms with Crippen molar-refractivity contribution in [3.8, 4) is 11.1 Å². The Morgan fingerprint density at radius 2 is 1.61 bits per heavy atom. The van der Waals surface area contributed by atoms with Crippen LogP contribution in [0.1, 0.15) is 40.1 Å². The smallest absolute Gasteiger partial charge is 0.252 e. The quantitative estimate of drug-likeness (QED) is 0.648. The molecule has 2 amide bonds. The van der Waals surface area contributed by atoms with E-state index in [1.54, 1.807) is 56.3 Å². The molecule has 0 saturated carbocycles. The molecular weight excluding hydrogens is 360 g/mol. The van der Waals surface area contributed by atoms with Crippen LogP contribution in [0.15, 0.2) is 42.5 Å². The minimum Gasteiger partial charge on any atom is -0.548 e. The number of benzene rings is 2. The highest BCUT2D eigenvalue weighted by atomic mass is 16.4. The molecular formula is C21H19N2O5-. The zero-order valence-electron chi connectivity index (χ0n) is 15.4. The highest BCUT2D eigenvalue weighted by molar-refractivity contribution is 6.24. The van der Waals surface area contributed by atoms with Crippen molar-refractivity contribution >= 4 is 23.6 Å². The Bertz CT molecular complexity index is 981. The van der Waals surface area contributed by atoms with Gasteiger partial charge in [0.25, 0.3) is 5.91 Å². The normalized spacial score (nSPS) is 12.9. The van der Waals surface area contributed by atoms with Gasteiger partial charge < -0.3 is 20.5 Å². The maximum absolute atomic E-state index is 12.9. The lowest BCUT2D eigenvalue weighted by Crippen LogP contribution is -2.51. The molecule has 1 aliphatic carbocycles. The Labute approximate surface area is 161 Å². The summed E-state index contributed by atoms with van der Waals surface area (Å²) in [6, 6.07) is 11.0. The fraction of sp³-hybridized carbons (Fsp3) is 0.238. The van der Waals surface area contributed by atoms with Gasteiger partial charge in [0.15, 0.2) is 5.78 Å². The third-order valence-corrected chi connectivity index (χ3v) is 4.64. The van der Waals surface area contributed by atoms with Gasteiger partial charge in [-0.3, -0.25) is 14.4 Å². The second-order valence-corrected chi connectivity index (χ2v) is 6.89. The molecule has 0 aromatic heterocycles. The number of amides is 2. The van der Waals surface area contributed by atoms with E-state index in [1.807, 2.05) is 0 Å². The molecule has 1 atom stereocenters. The van der Waals surface area contributed by atoms with E-state index < -0.39 is 30.4 Å². The Hall–Kier alpha value is -3.48. The average Bonchev–Trinajstić information content (AvgIpc) is 2.96. The van der Waals surface area contributed by atoms with Crippen LogP contribution in [-0.2, 0) is 9.59 Å². The predicted molar refractivity (Wildman–Crippen MR) is 99.4 cm³/mol. The van der Waals surface area contributed by atoms with Gasteiger partial charge in [-0.05, 0) is 17.5 Å². The van der Waals surface area contributed by atoms with Gasteiger partial charge in [-0.25, -0.2) is 0 Å². The van der Waals surface area contributed by atoms with Crippen molar-refractivity contribution in [2.45, 2.75) is 19.9 Å². The first-order chi connectivity index (χ1) is 13.3. The second kappa shape index (κ2) is 7.64. The maximum Gasteiger partial charge on any atom is 0.252 e. The molecule has 2 aromatic rings. The number of hydrogen-bond donors (Lipinski definition) is 2. The number of rotatable bonds is 6. The summed E-state index contributed by atoms with van der Waals surface area (Å²) in [5.74, 6) is -2.97. The summed E-state index contributed by atoms with van der Waals surface area (Å²) >= 11 is 0. The van der Waals surface area contributed by atoms with Gasteiger partial charge >= 0.3 is 0 Å². The van der Waals surface area contributed by atoms with E-state index in [2.05, 4.69) is 10.6 Å². The van der Waals surface area contributed by atoms with Crippen LogP contribution in [0.5, 0.6) is 0 Å². The first kappa shape index (κ1) is 19.3. The van der Waals surface area contributed by atoms with Gasteiger partial charge in [0, 0.05) is 22.3 Å². The van der Waals surface area contributed by atoms with Crippen LogP contribution in [0.4, 0.5) is 0 Å². The van der Waals surface area contributed by atoms with E-state index in [1.165, 1.54) is 0 Å². The number of carbonyl (C=O) groups excluding carboxylic acids is 4. The molecule has 1 aliphatic rings. The number of ketones is 1. The first-order valence-electron chi connectivity index (χ1n) is 8.86. The third kappa shape index (κ3) is 3.51. The maximum atomic E-state index is 12.9. The monoisotopic (exact) mass is 379 g/mol. The van der Waals surface area contributed by atoms with Crippen molar-refractivity contribution in [1.82, 2.24) is 10.6 Å². The lowest BCUT2D eigenvalue weighted by atomic mass is 9.97. The fourth-order valence-electron chi connectivity index (χ4n) is 3.29. The van der Waals surface area contributed by atoms with Crippen molar-refractivity contribution < 1.29 is 24.3 Å². The standard InChI is InChI=1S/C21H20N2O5/c1-11(2)18(21(28)22-10-16(24)25)23-20(27)15-9-5-8-14-17(15)12-6-3-4-7-13(12)19(14)26/h3-9,11,18H,10H2,1-2H3,(H,22,28)(H,23,27)(H,24,25)/p-1/t18-/m0/s1. The molecule has 3 rings (SSSR count). The molecule has 0 heterocycles. The summed E-state index contributed by atoms with van der Waals surface area (Å²) in [7, 11) is 0. The molecule has 2 N–H and O–H groups in total. The van der Waals surface area contributed by atoms with Crippen molar-refractivity contribution in [2.75, 3.05) is 6.54 Å². The van der Waals surface area contributed by atoms with E-state index in [-0.39, 0.29) is 17.3 Å². The summed E-state index contributed by atoms with van der Waals surface area (Å²) in [4.78, 5) is 48.4. The summed E-state index contributed by atoms with van der Waals surface area (Å²) < 4.78 is 0. The van der Waals surface area contributed by atoms with Crippen molar-refractivity contribution in [3.63, 3.8) is 0 Å². The van der Waals surface area contributed by atoms with Crippen molar-refractivity contribution in [1.29, 1.82) is 0 Å². The van der Waals surface area contributed by atoms with Crippen LogP contribution in [0, 0.1) is 5.92 Å². The number of carboxylic acids is 1. The number of aliphatic carboxylic acids is 1. The van der Waals surface area contributed by atoms with Crippen LogP contribution in [-0.4, -0.2) is 36.2 Å². The Balaban J connectivity index is 1.91. The van der Waals surface area contributed by atoms with E-state index >= 15 is 0 Å². The van der Waals surface area contributed by atoms with Crippen molar-refractivity contribution in [3.05, 3.63) is 59.2 Å². The number of carboxylic acid groups (broad SMARTS) is 1. The summed E-state index contributed by atoms with van der Waals surface area (Å²) in [5, 5.41) is 15.5. The first-order valence-corrected chi connectivity index (χ1v) is 8.86. The van der Waals surface area contributed by atoms with Gasteiger partial charge in [0.1, 0.15) is 6.04 Å². The highest BCUT2D eigenvalue weighted by Crippen LogP contribution is 2.38. The molecule has 0 bridgehead atoms. The van der Waals surface area contributed by atoms with Crippen LogP contribution in [0.25, 0.3) is 11.1 Å². The van der Waals surface area contributed by atoms with Crippen LogP contribution >= 0.6 is 0 Å². The van der Waals surface area contributed by atoms with Gasteiger partial charge in [0.05, 0.1) is 12.5 Å². The van der Waals surface area contributed by atoms with E-state index in [0.717, 1.165) is 0 Å². The fourth-order valence-corrected chi connectivity index (χ4v) is 3.29. The molecule has 28 heavy (non-hydrogen) atoms. The molecule has 0 unspecified atom stereocenters. The van der Waals surface area contributed by atoms with Gasteiger partial charge in [0.2, 0.25) is 5.91 Å². The number of carbonyl (C=O) groups is 4. The largest absolute Gasteiger partial charge is 0.548 e. The zero-order chi connectivity index (χ0) is 20.4. The van der Waals surface area contributed by atoms with Gasteiger partial charge in [-0.15, -0.1) is 0 Å². The topological polar surface area (TPSA) is 115 Å². The number of nitrogens with one attached hydrogen (secondary N) is 2. The highest BCUT2D eigenvalue weighted by Gasteiger charge is 2.32. The summed E-state index contributed by atoms with van der Waals surface area (Å²) in [6.07, 6.45) is 0. The second-order valence-electron chi connectivity index (χ2n) is 6.89. The Morgan fingerprint density at radius 3 is 2.25 bits per heavy atom. The summed E-state index contributed by atoms with van der Waals surface area (Å²) in [5.41, 5.74) is 2.48. The van der Waals surface area contributed by atoms with Gasteiger partial charge in [-0.1, -0.05) is 50.2 Å². The molecule has 7 heteroatoms. The SMILES string of the molecule is CC(C)[C@H](NC(=O)c1cccc2c1-c1ccccc1C2=O)C(=O)NCC(=O)[O-]. The molecule has 2 aromatic carbocycles. The Morgan fingerprint density at radius 1 is 0.964 bits per heavy atom. The lowest BCUT2D eigenvalue weighted by molar-refractivity contribution is -0.304. The van der Waals surface area contributed by atoms with Gasteiger partial charge in [-0.2, -0.15) is 0 Å². The predicted octanol–water partition coefficient (Wildman–Crippen LogP) is 0.518. The van der Waals surface area contributed by atoms with Crippen molar-refractivity contribution in [2.24, 2.45) is 5.92 Å². The summed E-state index contributed by atoms with van der Waals surface area (Å²) in [6.45, 7) is 2.83. The molecule has 144 valence electrons. The molecule has 7 nitrogen and oxygen atoms in total. The minimum atomic E-state index is -1.42. The molecule has 0 fully saturated rings. The van der Waals surface area contributed by atoms with E-state index in [4.69, 9.17) is 0 Å². The molecule has 0 spiro atoms. The minimum absolute atomic E-state index is 0.146. The van der Waals surface area contributed by atoms with E-state index in [0.29, 0.717) is 22.3 Å². The van der Waals surface area contributed by atoms with E-state index in [9.17, 15) is 24.3 Å². The molecule has 0 radical (unpaired) electrons. The Kier molecular flexibility index (Phi) is 5.26. The molecule has 0 aliphatic heterocycles. The zero-order valence-corrected chi connectivity index (χ0v) is 15.4. The average molecular weight is 379 g/mol.